The van der Waals surface area contributed by atoms with Crippen molar-refractivity contribution in [1.82, 2.24) is 0 Å². The number of likely N-dealkylation sites (N-methyl/N-ethyl adjacent to an activating group) is 1. The second-order valence-corrected chi connectivity index (χ2v) is 6.63. The zero-order valence-corrected chi connectivity index (χ0v) is 14.1. The van der Waals surface area contributed by atoms with E-state index in [0.717, 1.165) is 17.4 Å². The molecule has 0 radical (unpaired) electrons. The van der Waals surface area contributed by atoms with Gasteiger partial charge in [-0.1, -0.05) is 25.1 Å². The first-order chi connectivity index (χ1) is 10.0. The van der Waals surface area contributed by atoms with Gasteiger partial charge in [0, 0.05) is 25.7 Å². The molecule has 116 valence electrons. The molecular weight excluding hydrogens is 258 g/mol. The summed E-state index contributed by atoms with van der Waals surface area (Å²) < 4.78 is 1.03. The molecule has 1 fully saturated rings. The molecule has 1 unspecified atom stereocenters. The maximum atomic E-state index is 13.0. The first-order valence-electron chi connectivity index (χ1n) is 8.47. The fourth-order valence-electron chi connectivity index (χ4n) is 4.15. The summed E-state index contributed by atoms with van der Waals surface area (Å²) in [5.41, 5.74) is 3.75. The van der Waals surface area contributed by atoms with Crippen molar-refractivity contribution in [1.29, 1.82) is 0 Å². The summed E-state index contributed by atoms with van der Waals surface area (Å²) >= 11 is 0. The van der Waals surface area contributed by atoms with Gasteiger partial charge in [-0.25, -0.2) is 0 Å². The molecule has 0 amide bonds. The third-order valence-electron chi connectivity index (χ3n) is 5.50. The van der Waals surface area contributed by atoms with Gasteiger partial charge >= 0.3 is 0 Å². The summed E-state index contributed by atoms with van der Waals surface area (Å²) in [5.74, 6) is 0.443. The highest BCUT2D eigenvalue weighted by molar-refractivity contribution is 5.85. The first-order valence-corrected chi connectivity index (χ1v) is 8.47. The number of rotatable bonds is 6. The molecule has 1 saturated heterocycles. The Balaban J connectivity index is 2.21. The number of Topliss-reactive ketones (excluding diaryl/α,β-unsaturated/α-hetero) is 1. The van der Waals surface area contributed by atoms with E-state index in [1.165, 1.54) is 42.6 Å². The SMILES string of the molecule is CCC(C(=O)Cc1c(C)cccc1C)[N+]1(CC)CCCC1. The number of hydrogen-bond acceptors (Lipinski definition) is 1. The predicted molar refractivity (Wildman–Crippen MR) is 88.5 cm³/mol. The minimum absolute atomic E-state index is 0.191. The Morgan fingerprint density at radius 3 is 2.19 bits per heavy atom. The molecule has 0 spiro atoms. The first kappa shape index (κ1) is 16.2. The van der Waals surface area contributed by atoms with E-state index in [2.05, 4.69) is 45.9 Å². The molecule has 1 aromatic carbocycles. The molecular formula is C19H30NO+. The van der Waals surface area contributed by atoms with Crippen LogP contribution >= 0.6 is 0 Å². The average molecular weight is 288 g/mol. The van der Waals surface area contributed by atoms with Gasteiger partial charge in [0.05, 0.1) is 19.6 Å². The van der Waals surface area contributed by atoms with Crippen LogP contribution in [-0.4, -0.2) is 35.9 Å². The zero-order chi connectivity index (χ0) is 15.5. The van der Waals surface area contributed by atoms with E-state index < -0.39 is 0 Å². The average Bonchev–Trinajstić information content (AvgIpc) is 2.94. The maximum absolute atomic E-state index is 13.0. The standard InChI is InChI=1S/C19H30NO/c1-5-18(20(6-2)12-7-8-13-20)19(21)14-17-15(3)10-9-11-16(17)4/h9-11,18H,5-8,12-14H2,1-4H3/q+1. The topological polar surface area (TPSA) is 17.1 Å². The smallest absolute Gasteiger partial charge is 0.194 e. The van der Waals surface area contributed by atoms with Crippen LogP contribution in [0.15, 0.2) is 18.2 Å². The van der Waals surface area contributed by atoms with Gasteiger partial charge in [0.2, 0.25) is 0 Å². The molecule has 1 atom stereocenters. The Morgan fingerprint density at radius 1 is 1.14 bits per heavy atom. The number of ketones is 1. The van der Waals surface area contributed by atoms with Crippen molar-refractivity contribution in [2.45, 2.75) is 59.4 Å². The van der Waals surface area contributed by atoms with Gasteiger partial charge in [0.1, 0.15) is 6.04 Å². The highest BCUT2D eigenvalue weighted by Crippen LogP contribution is 2.27. The van der Waals surface area contributed by atoms with Crippen LogP contribution in [0.25, 0.3) is 0 Å². The second kappa shape index (κ2) is 6.74. The fourth-order valence-corrected chi connectivity index (χ4v) is 4.15. The van der Waals surface area contributed by atoms with Gasteiger partial charge in [0.25, 0.3) is 0 Å². The minimum Gasteiger partial charge on any atom is -0.315 e. The fraction of sp³-hybridized carbons (Fsp3) is 0.632. The summed E-state index contributed by atoms with van der Waals surface area (Å²) in [4.78, 5) is 13.0. The number of benzene rings is 1. The van der Waals surface area contributed by atoms with Crippen molar-refractivity contribution >= 4 is 5.78 Å². The summed E-state index contributed by atoms with van der Waals surface area (Å²) in [6, 6.07) is 6.51. The second-order valence-electron chi connectivity index (χ2n) is 6.63. The summed E-state index contributed by atoms with van der Waals surface area (Å²) in [7, 11) is 0. The van der Waals surface area contributed by atoms with Gasteiger partial charge in [-0.2, -0.15) is 0 Å². The predicted octanol–water partition coefficient (Wildman–Crippen LogP) is 3.82. The normalized spacial score (nSPS) is 18.7. The molecule has 1 aliphatic rings. The summed E-state index contributed by atoms with van der Waals surface area (Å²) in [5, 5.41) is 0. The lowest BCUT2D eigenvalue weighted by Crippen LogP contribution is -2.56. The van der Waals surface area contributed by atoms with Crippen molar-refractivity contribution in [3.63, 3.8) is 0 Å². The van der Waals surface area contributed by atoms with Crippen molar-refractivity contribution in [2.75, 3.05) is 19.6 Å². The quantitative estimate of drug-likeness (QED) is 0.727. The van der Waals surface area contributed by atoms with E-state index in [1.807, 2.05) is 0 Å². The molecule has 2 rings (SSSR count). The van der Waals surface area contributed by atoms with E-state index >= 15 is 0 Å². The van der Waals surface area contributed by atoms with Crippen LogP contribution in [0, 0.1) is 13.8 Å². The molecule has 0 N–H and O–H groups in total. The summed E-state index contributed by atoms with van der Waals surface area (Å²) in [6.07, 6.45) is 4.14. The highest BCUT2D eigenvalue weighted by Gasteiger charge is 2.41. The summed E-state index contributed by atoms with van der Waals surface area (Å²) in [6.45, 7) is 12.1. The van der Waals surface area contributed by atoms with Crippen LogP contribution in [0.4, 0.5) is 0 Å². The molecule has 0 saturated carbocycles. The largest absolute Gasteiger partial charge is 0.315 e. The Bertz CT molecular complexity index is 480. The molecule has 2 heteroatoms. The molecule has 0 aliphatic carbocycles. The lowest BCUT2D eigenvalue weighted by atomic mass is 9.93. The van der Waals surface area contributed by atoms with Crippen LogP contribution in [0.3, 0.4) is 0 Å². The monoisotopic (exact) mass is 288 g/mol. The molecule has 1 aliphatic heterocycles. The van der Waals surface area contributed by atoms with E-state index in [1.54, 1.807) is 0 Å². The lowest BCUT2D eigenvalue weighted by Gasteiger charge is -2.39. The van der Waals surface area contributed by atoms with Crippen LogP contribution in [0.5, 0.6) is 0 Å². The molecule has 1 aromatic rings. The Labute approximate surface area is 129 Å². The molecule has 0 aromatic heterocycles. The highest BCUT2D eigenvalue weighted by atomic mass is 16.1. The van der Waals surface area contributed by atoms with Gasteiger partial charge in [-0.05, 0) is 37.5 Å². The Kier molecular flexibility index (Phi) is 5.21. The van der Waals surface area contributed by atoms with Gasteiger partial charge < -0.3 is 4.48 Å². The third-order valence-corrected chi connectivity index (χ3v) is 5.50. The Morgan fingerprint density at radius 2 is 1.71 bits per heavy atom. The lowest BCUT2D eigenvalue weighted by molar-refractivity contribution is -0.930. The zero-order valence-electron chi connectivity index (χ0n) is 14.1. The van der Waals surface area contributed by atoms with E-state index in [9.17, 15) is 4.79 Å². The number of quaternary nitrogens is 1. The number of aryl methyl sites for hydroxylation is 2. The number of hydrogen-bond donors (Lipinski definition) is 0. The van der Waals surface area contributed by atoms with Crippen molar-refractivity contribution in [3.05, 3.63) is 34.9 Å². The third kappa shape index (κ3) is 3.21. The maximum Gasteiger partial charge on any atom is 0.194 e. The number of carbonyl (C=O) groups excluding carboxylic acids is 1. The van der Waals surface area contributed by atoms with Crippen molar-refractivity contribution in [2.24, 2.45) is 0 Å². The number of carbonyl (C=O) groups is 1. The van der Waals surface area contributed by atoms with E-state index in [-0.39, 0.29) is 6.04 Å². The molecule has 2 nitrogen and oxygen atoms in total. The number of likely N-dealkylation sites (tertiary alicyclic amines) is 1. The van der Waals surface area contributed by atoms with Crippen molar-refractivity contribution in [3.8, 4) is 0 Å². The molecule has 21 heavy (non-hydrogen) atoms. The van der Waals surface area contributed by atoms with Crippen LogP contribution in [0.1, 0.15) is 49.8 Å². The molecule has 1 heterocycles. The van der Waals surface area contributed by atoms with Crippen LogP contribution in [-0.2, 0) is 11.2 Å². The van der Waals surface area contributed by atoms with Gasteiger partial charge in [-0.15, -0.1) is 0 Å². The van der Waals surface area contributed by atoms with Crippen molar-refractivity contribution < 1.29 is 9.28 Å². The van der Waals surface area contributed by atoms with Gasteiger partial charge in [-0.3, -0.25) is 4.79 Å². The molecule has 0 bridgehead atoms. The minimum atomic E-state index is 0.191. The van der Waals surface area contributed by atoms with E-state index in [0.29, 0.717) is 12.2 Å². The van der Waals surface area contributed by atoms with Crippen LogP contribution < -0.4 is 0 Å². The number of nitrogens with zero attached hydrogens (tertiary/aromatic N) is 1. The van der Waals surface area contributed by atoms with E-state index in [4.69, 9.17) is 0 Å². The van der Waals surface area contributed by atoms with Crippen LogP contribution in [0.2, 0.25) is 0 Å². The van der Waals surface area contributed by atoms with Gasteiger partial charge in [0.15, 0.2) is 5.78 Å². The Hall–Kier alpha value is -1.15.